The standard InChI is InChI=1S/C15H16N2O2S/c1-11(16)12-6-4-7-14(9-12)20-10-13-5-2-3-8-15(13)17(18)19/h2-9,11H,10,16H2,1H3. The molecule has 5 heteroatoms. The predicted octanol–water partition coefficient (Wildman–Crippen LogP) is 3.91. The van der Waals surface area contributed by atoms with Gasteiger partial charge in [0.2, 0.25) is 0 Å². The Morgan fingerprint density at radius 3 is 2.70 bits per heavy atom. The van der Waals surface area contributed by atoms with Crippen molar-refractivity contribution in [2.24, 2.45) is 5.73 Å². The summed E-state index contributed by atoms with van der Waals surface area (Å²) >= 11 is 1.58. The molecular weight excluding hydrogens is 272 g/mol. The number of nitro groups is 1. The smallest absolute Gasteiger partial charge is 0.273 e. The highest BCUT2D eigenvalue weighted by atomic mass is 32.2. The van der Waals surface area contributed by atoms with E-state index in [-0.39, 0.29) is 16.7 Å². The molecule has 20 heavy (non-hydrogen) atoms. The third-order valence-electron chi connectivity index (χ3n) is 2.97. The number of nitrogens with two attached hydrogens (primary N) is 1. The number of nitro benzene ring substituents is 1. The van der Waals surface area contributed by atoms with Crippen molar-refractivity contribution in [3.8, 4) is 0 Å². The van der Waals surface area contributed by atoms with Gasteiger partial charge in [-0.2, -0.15) is 0 Å². The molecule has 104 valence electrons. The molecule has 0 aromatic heterocycles. The molecule has 0 fully saturated rings. The lowest BCUT2D eigenvalue weighted by atomic mass is 10.1. The Balaban J connectivity index is 2.13. The third kappa shape index (κ3) is 3.59. The minimum atomic E-state index is -0.339. The normalized spacial score (nSPS) is 12.1. The van der Waals surface area contributed by atoms with Crippen molar-refractivity contribution < 1.29 is 4.92 Å². The van der Waals surface area contributed by atoms with Crippen LogP contribution in [-0.4, -0.2) is 4.92 Å². The molecule has 0 aliphatic rings. The maximum Gasteiger partial charge on any atom is 0.273 e. The van der Waals surface area contributed by atoms with Gasteiger partial charge in [-0.05, 0) is 24.6 Å². The summed E-state index contributed by atoms with van der Waals surface area (Å²) in [5.74, 6) is 0.569. The summed E-state index contributed by atoms with van der Waals surface area (Å²) in [5.41, 5.74) is 7.82. The van der Waals surface area contributed by atoms with Gasteiger partial charge in [0, 0.05) is 28.3 Å². The van der Waals surface area contributed by atoms with Crippen LogP contribution in [0.25, 0.3) is 0 Å². The van der Waals surface area contributed by atoms with Crippen molar-refractivity contribution in [2.75, 3.05) is 0 Å². The molecule has 2 rings (SSSR count). The second kappa shape index (κ2) is 6.54. The first-order chi connectivity index (χ1) is 9.58. The first kappa shape index (κ1) is 14.6. The fourth-order valence-electron chi connectivity index (χ4n) is 1.86. The summed E-state index contributed by atoms with van der Waals surface area (Å²) < 4.78 is 0. The summed E-state index contributed by atoms with van der Waals surface area (Å²) in [5, 5.41) is 11.0. The van der Waals surface area contributed by atoms with Crippen LogP contribution < -0.4 is 5.73 Å². The predicted molar refractivity (Wildman–Crippen MR) is 81.7 cm³/mol. The number of hydrogen-bond donors (Lipinski definition) is 1. The van der Waals surface area contributed by atoms with E-state index in [0.29, 0.717) is 5.75 Å². The highest BCUT2D eigenvalue weighted by Crippen LogP contribution is 2.28. The molecule has 0 bridgehead atoms. The zero-order chi connectivity index (χ0) is 14.5. The number of rotatable bonds is 5. The molecule has 0 aliphatic heterocycles. The van der Waals surface area contributed by atoms with E-state index in [1.807, 2.05) is 37.3 Å². The summed E-state index contributed by atoms with van der Waals surface area (Å²) in [4.78, 5) is 11.7. The molecule has 0 amide bonds. The Morgan fingerprint density at radius 1 is 1.25 bits per heavy atom. The lowest BCUT2D eigenvalue weighted by Gasteiger charge is -2.08. The first-order valence-corrected chi connectivity index (χ1v) is 7.27. The van der Waals surface area contributed by atoms with E-state index < -0.39 is 0 Å². The van der Waals surface area contributed by atoms with E-state index >= 15 is 0 Å². The van der Waals surface area contributed by atoms with Crippen molar-refractivity contribution >= 4 is 17.4 Å². The zero-order valence-electron chi connectivity index (χ0n) is 11.2. The summed E-state index contributed by atoms with van der Waals surface area (Å²) in [7, 11) is 0. The van der Waals surface area contributed by atoms with Gasteiger partial charge in [0.05, 0.1) is 4.92 Å². The van der Waals surface area contributed by atoms with Crippen LogP contribution in [-0.2, 0) is 5.75 Å². The lowest BCUT2D eigenvalue weighted by Crippen LogP contribution is -2.04. The van der Waals surface area contributed by atoms with Crippen LogP contribution in [0.5, 0.6) is 0 Å². The lowest BCUT2D eigenvalue weighted by molar-refractivity contribution is -0.385. The molecule has 0 spiro atoms. The Bertz CT molecular complexity index is 614. The van der Waals surface area contributed by atoms with E-state index in [0.717, 1.165) is 16.0 Å². The van der Waals surface area contributed by atoms with Gasteiger partial charge < -0.3 is 5.73 Å². The van der Waals surface area contributed by atoms with Crippen molar-refractivity contribution in [3.05, 3.63) is 69.8 Å². The molecule has 0 aliphatic carbocycles. The highest BCUT2D eigenvalue weighted by molar-refractivity contribution is 7.98. The Labute approximate surface area is 122 Å². The van der Waals surface area contributed by atoms with E-state index in [1.54, 1.807) is 23.9 Å². The van der Waals surface area contributed by atoms with Gasteiger partial charge in [0.15, 0.2) is 0 Å². The van der Waals surface area contributed by atoms with Crippen molar-refractivity contribution in [1.82, 2.24) is 0 Å². The number of hydrogen-bond acceptors (Lipinski definition) is 4. The fourth-order valence-corrected chi connectivity index (χ4v) is 2.82. The number of nitrogens with zero attached hydrogens (tertiary/aromatic N) is 1. The van der Waals surface area contributed by atoms with Crippen LogP contribution in [0.4, 0.5) is 5.69 Å². The SMILES string of the molecule is CC(N)c1cccc(SCc2ccccc2[N+](=O)[O-])c1. The topological polar surface area (TPSA) is 69.2 Å². The number of para-hydroxylation sites is 1. The molecule has 2 aromatic carbocycles. The van der Waals surface area contributed by atoms with Crippen molar-refractivity contribution in [3.63, 3.8) is 0 Å². The Kier molecular flexibility index (Phi) is 4.76. The van der Waals surface area contributed by atoms with Crippen LogP contribution in [0.15, 0.2) is 53.4 Å². The van der Waals surface area contributed by atoms with E-state index in [4.69, 9.17) is 5.73 Å². The van der Waals surface area contributed by atoms with Crippen LogP contribution in [0, 0.1) is 10.1 Å². The van der Waals surface area contributed by atoms with Crippen LogP contribution in [0.3, 0.4) is 0 Å². The van der Waals surface area contributed by atoms with E-state index in [1.165, 1.54) is 6.07 Å². The molecule has 1 unspecified atom stereocenters. The van der Waals surface area contributed by atoms with Crippen molar-refractivity contribution in [1.29, 1.82) is 0 Å². The maximum absolute atomic E-state index is 11.0. The van der Waals surface area contributed by atoms with Crippen LogP contribution in [0.1, 0.15) is 24.1 Å². The van der Waals surface area contributed by atoms with Gasteiger partial charge in [-0.3, -0.25) is 10.1 Å². The Morgan fingerprint density at radius 2 is 2.00 bits per heavy atom. The summed E-state index contributed by atoms with van der Waals surface area (Å²) in [6.07, 6.45) is 0. The fraction of sp³-hybridized carbons (Fsp3) is 0.200. The minimum absolute atomic E-state index is 0.0124. The summed E-state index contributed by atoms with van der Waals surface area (Å²) in [6, 6.07) is 14.8. The van der Waals surface area contributed by atoms with Crippen molar-refractivity contribution in [2.45, 2.75) is 23.6 Å². The quantitative estimate of drug-likeness (QED) is 0.514. The molecule has 2 aromatic rings. The van der Waals surface area contributed by atoms with Gasteiger partial charge in [-0.25, -0.2) is 0 Å². The molecule has 0 saturated heterocycles. The molecule has 2 N–H and O–H groups in total. The highest BCUT2D eigenvalue weighted by Gasteiger charge is 2.12. The van der Waals surface area contributed by atoms with E-state index in [9.17, 15) is 10.1 Å². The molecular formula is C15H16N2O2S. The van der Waals surface area contributed by atoms with Gasteiger partial charge in [0.25, 0.3) is 5.69 Å². The number of thioether (sulfide) groups is 1. The van der Waals surface area contributed by atoms with E-state index in [2.05, 4.69) is 0 Å². The number of benzene rings is 2. The Hall–Kier alpha value is -1.85. The first-order valence-electron chi connectivity index (χ1n) is 6.28. The monoisotopic (exact) mass is 288 g/mol. The maximum atomic E-state index is 11.0. The average molecular weight is 288 g/mol. The van der Waals surface area contributed by atoms with Gasteiger partial charge in [-0.1, -0.05) is 30.3 Å². The molecule has 1 atom stereocenters. The van der Waals surface area contributed by atoms with Gasteiger partial charge in [0.1, 0.15) is 0 Å². The zero-order valence-corrected chi connectivity index (χ0v) is 12.0. The van der Waals surface area contributed by atoms with Gasteiger partial charge >= 0.3 is 0 Å². The van der Waals surface area contributed by atoms with Crippen LogP contribution in [0.2, 0.25) is 0 Å². The molecule has 0 heterocycles. The second-order valence-electron chi connectivity index (χ2n) is 4.54. The molecule has 0 radical (unpaired) electrons. The largest absolute Gasteiger partial charge is 0.324 e. The summed E-state index contributed by atoms with van der Waals surface area (Å²) in [6.45, 7) is 1.94. The van der Waals surface area contributed by atoms with Gasteiger partial charge in [-0.15, -0.1) is 11.8 Å². The third-order valence-corrected chi connectivity index (χ3v) is 4.01. The second-order valence-corrected chi connectivity index (χ2v) is 5.58. The minimum Gasteiger partial charge on any atom is -0.324 e. The molecule has 0 saturated carbocycles. The average Bonchev–Trinajstić information content (AvgIpc) is 2.45. The molecule has 4 nitrogen and oxygen atoms in total. The van der Waals surface area contributed by atoms with Crippen LogP contribution >= 0.6 is 11.8 Å².